The lowest BCUT2D eigenvalue weighted by atomic mass is 10.3. The molecule has 25 heavy (non-hydrogen) atoms. The summed E-state index contributed by atoms with van der Waals surface area (Å²) in [7, 11) is 0. The van der Waals surface area contributed by atoms with Crippen molar-refractivity contribution in [3.8, 4) is 0 Å². The predicted molar refractivity (Wildman–Crippen MR) is 115 cm³/mol. The molecule has 130 valence electrons. The fourth-order valence-corrected chi connectivity index (χ4v) is 4.00. The van der Waals surface area contributed by atoms with E-state index in [1.54, 1.807) is 11.0 Å². The number of amides is 1. The van der Waals surface area contributed by atoms with Crippen molar-refractivity contribution in [3.05, 3.63) is 55.3 Å². The number of unbranched alkanes of at least 4 members (excludes halogenated alkanes) is 1. The van der Waals surface area contributed by atoms with Gasteiger partial charge in [-0.2, -0.15) is 0 Å². The van der Waals surface area contributed by atoms with Crippen molar-refractivity contribution < 1.29 is 9.21 Å². The van der Waals surface area contributed by atoms with Gasteiger partial charge in [0.2, 0.25) is 0 Å². The second kappa shape index (κ2) is 8.55. The van der Waals surface area contributed by atoms with Crippen molar-refractivity contribution in [1.82, 2.24) is 4.90 Å². The van der Waals surface area contributed by atoms with Crippen molar-refractivity contribution in [2.75, 3.05) is 6.54 Å². The highest BCUT2D eigenvalue weighted by atomic mass is 127. The zero-order valence-electron chi connectivity index (χ0n) is 13.5. The lowest BCUT2D eigenvalue weighted by Gasteiger charge is -2.14. The van der Waals surface area contributed by atoms with Gasteiger partial charge in [-0.3, -0.25) is 9.69 Å². The van der Waals surface area contributed by atoms with Gasteiger partial charge in [-0.25, -0.2) is 4.99 Å². The van der Waals surface area contributed by atoms with Gasteiger partial charge in [-0.05, 0) is 52.3 Å². The van der Waals surface area contributed by atoms with E-state index >= 15 is 0 Å². The highest BCUT2D eigenvalue weighted by Crippen LogP contribution is 2.35. The van der Waals surface area contributed by atoms with E-state index in [1.807, 2.05) is 36.4 Å². The summed E-state index contributed by atoms with van der Waals surface area (Å²) in [6, 6.07) is 11.6. The average Bonchev–Trinajstić information content (AvgIpc) is 3.06. The van der Waals surface area contributed by atoms with Gasteiger partial charge < -0.3 is 4.42 Å². The number of nitrogens with zero attached hydrogens (tertiary/aromatic N) is 2. The third kappa shape index (κ3) is 4.57. The number of rotatable bonds is 5. The largest absolute Gasteiger partial charge is 0.450 e. The highest BCUT2D eigenvalue weighted by molar-refractivity contribution is 14.1. The van der Waals surface area contributed by atoms with Crippen LogP contribution in [0.1, 0.15) is 25.5 Å². The van der Waals surface area contributed by atoms with Crippen LogP contribution in [0.5, 0.6) is 0 Å². The minimum Gasteiger partial charge on any atom is -0.450 e. The van der Waals surface area contributed by atoms with E-state index in [2.05, 4.69) is 50.4 Å². The molecule has 1 aromatic heterocycles. The Bertz CT molecular complexity index is 813. The van der Waals surface area contributed by atoms with Gasteiger partial charge in [-0.1, -0.05) is 31.5 Å². The van der Waals surface area contributed by atoms with Crippen LogP contribution in [0.3, 0.4) is 0 Å². The summed E-state index contributed by atoms with van der Waals surface area (Å²) >= 11 is 6.93. The van der Waals surface area contributed by atoms with Gasteiger partial charge in [0.1, 0.15) is 5.76 Å². The van der Waals surface area contributed by atoms with Crippen molar-refractivity contribution in [1.29, 1.82) is 0 Å². The molecule has 3 rings (SSSR count). The van der Waals surface area contributed by atoms with Crippen LogP contribution in [0, 0.1) is 3.77 Å². The topological polar surface area (TPSA) is 45.8 Å². The maximum Gasteiger partial charge on any atom is 0.266 e. The molecule has 0 spiro atoms. The summed E-state index contributed by atoms with van der Waals surface area (Å²) in [4.78, 5) is 19.9. The summed E-state index contributed by atoms with van der Waals surface area (Å²) < 4.78 is 7.28. The molecule has 0 bridgehead atoms. The Balaban J connectivity index is 1.92. The molecule has 4 nitrogen and oxygen atoms in total. The molecule has 2 heterocycles. The molecule has 0 atom stereocenters. The van der Waals surface area contributed by atoms with Gasteiger partial charge in [-0.15, -0.1) is 0 Å². The molecule has 0 N–H and O–H groups in total. The summed E-state index contributed by atoms with van der Waals surface area (Å²) in [5, 5.41) is 0.719. The number of amidine groups is 1. The van der Waals surface area contributed by atoms with E-state index in [0.717, 1.165) is 31.9 Å². The number of carbonyl (C=O) groups is 1. The third-order valence-electron chi connectivity index (χ3n) is 3.54. The van der Waals surface area contributed by atoms with Crippen molar-refractivity contribution in [3.63, 3.8) is 0 Å². The van der Waals surface area contributed by atoms with Gasteiger partial charge in [0, 0.05) is 35.2 Å². The molecular formula is C18H16BrIN2O2S. The van der Waals surface area contributed by atoms with E-state index in [1.165, 1.54) is 11.8 Å². The molecule has 0 saturated carbocycles. The van der Waals surface area contributed by atoms with Crippen molar-refractivity contribution >= 4 is 73.1 Å². The quantitative estimate of drug-likeness (QED) is 0.349. The Morgan fingerprint density at radius 1 is 1.36 bits per heavy atom. The van der Waals surface area contributed by atoms with E-state index < -0.39 is 0 Å². The first-order valence-corrected chi connectivity index (χ1v) is 10.6. The van der Waals surface area contributed by atoms with Gasteiger partial charge in [0.05, 0.1) is 15.1 Å². The van der Waals surface area contributed by atoms with E-state index in [0.29, 0.717) is 17.2 Å². The van der Waals surface area contributed by atoms with Crippen LogP contribution >= 0.6 is 50.3 Å². The maximum atomic E-state index is 12.8. The summed E-state index contributed by atoms with van der Waals surface area (Å²) in [5.41, 5.74) is 0.843. The molecule has 2 aromatic rings. The molecule has 1 aromatic carbocycles. The SMILES string of the molecule is CCCCN1C(=O)/C(=C/c2cc(Br)c(I)o2)SC1=Nc1ccccc1. The number of halogens is 2. The van der Waals surface area contributed by atoms with Crippen LogP contribution in [0.25, 0.3) is 6.08 Å². The second-order valence-electron chi connectivity index (χ2n) is 5.42. The molecule has 1 aliphatic rings. The molecule has 0 radical (unpaired) electrons. The Morgan fingerprint density at radius 3 is 2.76 bits per heavy atom. The van der Waals surface area contributed by atoms with Gasteiger partial charge in [0.25, 0.3) is 5.91 Å². The number of benzene rings is 1. The monoisotopic (exact) mass is 530 g/mol. The average molecular weight is 531 g/mol. The Morgan fingerprint density at radius 2 is 2.12 bits per heavy atom. The normalized spacial score (nSPS) is 17.9. The van der Waals surface area contributed by atoms with Crippen LogP contribution < -0.4 is 0 Å². The van der Waals surface area contributed by atoms with Crippen LogP contribution in [-0.2, 0) is 4.79 Å². The molecule has 1 amide bonds. The maximum absolute atomic E-state index is 12.8. The Kier molecular flexibility index (Phi) is 6.40. The Hall–Kier alpha value is -1.06. The number of hydrogen-bond acceptors (Lipinski definition) is 4. The van der Waals surface area contributed by atoms with E-state index in [4.69, 9.17) is 4.42 Å². The fraction of sp³-hybridized carbons (Fsp3) is 0.222. The standard InChI is InChI=1S/C18H16BrIN2O2S/c1-2-3-9-22-17(23)15(11-13-10-14(19)16(20)24-13)25-18(22)21-12-7-5-4-6-8-12/h4-8,10-11H,2-3,9H2,1H3/b15-11-,21-18?. The van der Waals surface area contributed by atoms with Crippen LogP contribution in [-0.4, -0.2) is 22.5 Å². The number of furan rings is 1. The number of thioether (sulfide) groups is 1. The van der Waals surface area contributed by atoms with Crippen molar-refractivity contribution in [2.45, 2.75) is 19.8 Å². The number of hydrogen-bond donors (Lipinski definition) is 0. The minimum absolute atomic E-state index is 0.0179. The molecule has 1 aliphatic heterocycles. The first-order valence-electron chi connectivity index (χ1n) is 7.88. The summed E-state index contributed by atoms with van der Waals surface area (Å²) in [6.07, 6.45) is 3.75. The smallest absolute Gasteiger partial charge is 0.266 e. The first kappa shape index (κ1) is 18.7. The van der Waals surface area contributed by atoms with Crippen molar-refractivity contribution in [2.24, 2.45) is 4.99 Å². The van der Waals surface area contributed by atoms with Gasteiger partial charge in [0.15, 0.2) is 8.93 Å². The molecule has 0 unspecified atom stereocenters. The predicted octanol–water partition coefficient (Wildman–Crippen LogP) is 6.05. The molecule has 1 fully saturated rings. The zero-order chi connectivity index (χ0) is 17.8. The van der Waals surface area contributed by atoms with E-state index in [9.17, 15) is 4.79 Å². The van der Waals surface area contributed by atoms with Gasteiger partial charge >= 0.3 is 0 Å². The molecule has 1 saturated heterocycles. The highest BCUT2D eigenvalue weighted by Gasteiger charge is 2.33. The van der Waals surface area contributed by atoms with E-state index in [-0.39, 0.29) is 5.91 Å². The zero-order valence-corrected chi connectivity index (χ0v) is 18.1. The molecular weight excluding hydrogens is 515 g/mol. The fourth-order valence-electron chi connectivity index (χ4n) is 2.28. The lowest BCUT2D eigenvalue weighted by molar-refractivity contribution is -0.122. The molecule has 7 heteroatoms. The van der Waals surface area contributed by atoms with Crippen LogP contribution in [0.15, 0.2) is 55.2 Å². The van der Waals surface area contributed by atoms with Crippen LogP contribution in [0.2, 0.25) is 0 Å². The lowest BCUT2D eigenvalue weighted by Crippen LogP contribution is -2.30. The van der Waals surface area contributed by atoms with Crippen LogP contribution in [0.4, 0.5) is 5.69 Å². The molecule has 0 aliphatic carbocycles. The minimum atomic E-state index is -0.0179. The number of para-hydroxylation sites is 1. The first-order chi connectivity index (χ1) is 12.1. The third-order valence-corrected chi connectivity index (χ3v) is 6.68. The number of aliphatic imine (C=N–C) groups is 1. The second-order valence-corrected chi connectivity index (χ2v) is 8.26. The summed E-state index contributed by atoms with van der Waals surface area (Å²) in [5.74, 6) is 0.638. The Labute approximate surface area is 173 Å². The summed E-state index contributed by atoms with van der Waals surface area (Å²) in [6.45, 7) is 2.78. The number of carbonyl (C=O) groups excluding carboxylic acids is 1.